The number of halogens is 4. The monoisotopic (exact) mass is 338 g/mol. The SMILES string of the molecule is O=C1C=C[N+](C(=O)O)(c2ccc(F)cc2)c2c1cc(F)c(F)c2F. The van der Waals surface area contributed by atoms with Crippen molar-refractivity contribution in [3.8, 4) is 0 Å². The van der Waals surface area contributed by atoms with E-state index in [4.69, 9.17) is 0 Å². The molecule has 2 aromatic rings. The zero-order valence-corrected chi connectivity index (χ0v) is 11.8. The summed E-state index contributed by atoms with van der Waals surface area (Å²) in [6.07, 6.45) is -0.0476. The number of ketones is 1. The molecule has 1 atom stereocenters. The summed E-state index contributed by atoms with van der Waals surface area (Å²) in [6, 6.07) is 4.40. The first-order valence-electron chi connectivity index (χ1n) is 6.59. The number of rotatable bonds is 1. The molecule has 0 radical (unpaired) electrons. The zero-order valence-electron chi connectivity index (χ0n) is 11.8. The third-order valence-electron chi connectivity index (χ3n) is 3.74. The summed E-state index contributed by atoms with van der Waals surface area (Å²) < 4.78 is 53.2. The fourth-order valence-electron chi connectivity index (χ4n) is 2.62. The average Bonchev–Trinajstić information content (AvgIpc) is 2.54. The smallest absolute Gasteiger partial charge is 0.434 e. The van der Waals surface area contributed by atoms with Crippen LogP contribution in [-0.2, 0) is 0 Å². The molecule has 0 aromatic heterocycles. The minimum atomic E-state index is -1.90. The highest BCUT2D eigenvalue weighted by Crippen LogP contribution is 2.44. The van der Waals surface area contributed by atoms with Gasteiger partial charge in [0.05, 0.1) is 5.56 Å². The van der Waals surface area contributed by atoms with Crippen LogP contribution in [0, 0.1) is 23.3 Å². The summed E-state index contributed by atoms with van der Waals surface area (Å²) in [6.45, 7) is 0. The van der Waals surface area contributed by atoms with Crippen molar-refractivity contribution >= 4 is 23.3 Å². The number of carboxylic acid groups (broad SMARTS) is 1. The van der Waals surface area contributed by atoms with E-state index in [1.807, 2.05) is 0 Å². The highest BCUT2D eigenvalue weighted by atomic mass is 19.2. The number of hydrogen-bond acceptors (Lipinski definition) is 2. The highest BCUT2D eigenvalue weighted by Gasteiger charge is 2.49. The third-order valence-corrected chi connectivity index (χ3v) is 3.74. The number of allylic oxidation sites excluding steroid dienone is 1. The normalized spacial score (nSPS) is 19.2. The quantitative estimate of drug-likeness (QED) is 0.480. The Bertz CT molecular complexity index is 909. The molecule has 3 rings (SSSR count). The zero-order chi connectivity index (χ0) is 17.6. The van der Waals surface area contributed by atoms with Gasteiger partial charge in [0.1, 0.15) is 12.0 Å². The van der Waals surface area contributed by atoms with E-state index in [1.165, 1.54) is 0 Å². The molecule has 0 saturated carbocycles. The maximum atomic E-state index is 14.4. The van der Waals surface area contributed by atoms with Crippen molar-refractivity contribution in [1.82, 2.24) is 4.48 Å². The van der Waals surface area contributed by atoms with Crippen molar-refractivity contribution in [1.29, 1.82) is 0 Å². The van der Waals surface area contributed by atoms with Crippen LogP contribution in [-0.4, -0.2) is 17.0 Å². The minimum Gasteiger partial charge on any atom is -0.434 e. The van der Waals surface area contributed by atoms with Crippen LogP contribution in [0.25, 0.3) is 0 Å². The lowest BCUT2D eigenvalue weighted by Gasteiger charge is -2.31. The van der Waals surface area contributed by atoms with E-state index < -0.39 is 50.9 Å². The molecule has 1 N–H and O–H groups in total. The van der Waals surface area contributed by atoms with Crippen LogP contribution in [0.15, 0.2) is 42.6 Å². The molecule has 122 valence electrons. The van der Waals surface area contributed by atoms with Crippen LogP contribution in [0.3, 0.4) is 0 Å². The van der Waals surface area contributed by atoms with E-state index in [2.05, 4.69) is 0 Å². The minimum absolute atomic E-state index is 0.168. The predicted molar refractivity (Wildman–Crippen MR) is 75.7 cm³/mol. The van der Waals surface area contributed by atoms with E-state index >= 15 is 0 Å². The van der Waals surface area contributed by atoms with Gasteiger partial charge in [-0.05, 0) is 18.2 Å². The van der Waals surface area contributed by atoms with Crippen molar-refractivity contribution < 1.29 is 32.3 Å². The highest BCUT2D eigenvalue weighted by molar-refractivity contribution is 6.13. The Morgan fingerprint density at radius 1 is 1.00 bits per heavy atom. The Labute approximate surface area is 132 Å². The van der Waals surface area contributed by atoms with Crippen molar-refractivity contribution in [2.45, 2.75) is 0 Å². The topological polar surface area (TPSA) is 54.4 Å². The van der Waals surface area contributed by atoms with Gasteiger partial charge in [-0.3, -0.25) is 4.79 Å². The maximum Gasteiger partial charge on any atom is 0.528 e. The van der Waals surface area contributed by atoms with Gasteiger partial charge < -0.3 is 5.11 Å². The molecule has 1 aliphatic heterocycles. The molecular weight excluding hydrogens is 330 g/mol. The van der Waals surface area contributed by atoms with Gasteiger partial charge in [0.2, 0.25) is 17.3 Å². The molecule has 1 aliphatic rings. The van der Waals surface area contributed by atoms with E-state index in [1.54, 1.807) is 0 Å². The second kappa shape index (κ2) is 5.27. The first kappa shape index (κ1) is 15.9. The van der Waals surface area contributed by atoms with Crippen LogP contribution < -0.4 is 4.48 Å². The third kappa shape index (κ3) is 2.04. The van der Waals surface area contributed by atoms with Gasteiger partial charge in [-0.2, -0.15) is 9.18 Å². The molecule has 0 bridgehead atoms. The summed E-state index contributed by atoms with van der Waals surface area (Å²) in [5.74, 6) is -6.86. The van der Waals surface area contributed by atoms with Crippen LogP contribution in [0.2, 0.25) is 0 Å². The second-order valence-corrected chi connectivity index (χ2v) is 5.04. The Kier molecular flexibility index (Phi) is 3.49. The number of fused-ring (bicyclic) bond motifs is 1. The van der Waals surface area contributed by atoms with Crippen molar-refractivity contribution in [2.75, 3.05) is 0 Å². The predicted octanol–water partition coefficient (Wildman–Crippen LogP) is 4.27. The summed E-state index contributed by atoms with van der Waals surface area (Å²) in [5, 5.41) is 9.66. The maximum absolute atomic E-state index is 14.4. The lowest BCUT2D eigenvalue weighted by molar-refractivity contribution is 0.103. The van der Waals surface area contributed by atoms with Gasteiger partial charge in [0.25, 0.3) is 0 Å². The van der Waals surface area contributed by atoms with Gasteiger partial charge in [-0.15, -0.1) is 4.48 Å². The molecule has 0 fully saturated rings. The van der Waals surface area contributed by atoms with Crippen LogP contribution in [0.5, 0.6) is 0 Å². The fourth-order valence-corrected chi connectivity index (χ4v) is 2.62. The van der Waals surface area contributed by atoms with E-state index in [0.29, 0.717) is 6.07 Å². The van der Waals surface area contributed by atoms with Gasteiger partial charge in [-0.25, -0.2) is 13.2 Å². The Morgan fingerprint density at radius 3 is 2.21 bits per heavy atom. The number of nitrogens with zero attached hydrogens (tertiary/aromatic N) is 1. The standard InChI is InChI=1S/C16H7F4NO3/c17-8-1-3-9(4-2-8)21(16(23)24)6-5-12(22)10-7-11(18)13(19)14(20)15(10)21/h1-7H/p+1. The molecule has 0 aliphatic carbocycles. The molecule has 1 amide bonds. The lowest BCUT2D eigenvalue weighted by atomic mass is 10.00. The number of hydrogen-bond donors (Lipinski definition) is 1. The van der Waals surface area contributed by atoms with Crippen molar-refractivity contribution in [3.05, 3.63) is 71.4 Å². The van der Waals surface area contributed by atoms with Crippen LogP contribution in [0.1, 0.15) is 10.4 Å². The first-order chi connectivity index (χ1) is 11.3. The second-order valence-electron chi connectivity index (χ2n) is 5.04. The molecule has 8 heteroatoms. The van der Waals surface area contributed by atoms with Gasteiger partial charge in [-0.1, -0.05) is 0 Å². The lowest BCUT2D eigenvalue weighted by Crippen LogP contribution is -2.47. The molecule has 1 unspecified atom stereocenters. The van der Waals surface area contributed by atoms with Gasteiger partial charge in [0, 0.05) is 18.2 Å². The van der Waals surface area contributed by atoms with E-state index in [0.717, 1.165) is 36.5 Å². The number of carbonyl (C=O) groups is 2. The number of benzene rings is 2. The number of amides is 1. The molecule has 1 heterocycles. The molecule has 0 saturated heterocycles. The van der Waals surface area contributed by atoms with Crippen molar-refractivity contribution in [2.24, 2.45) is 0 Å². The molecule has 4 nitrogen and oxygen atoms in total. The first-order valence-corrected chi connectivity index (χ1v) is 6.59. The molecule has 2 aromatic carbocycles. The fraction of sp³-hybridized carbons (Fsp3) is 0. The number of carbonyl (C=O) groups excluding carboxylic acids is 1. The Morgan fingerprint density at radius 2 is 1.62 bits per heavy atom. The van der Waals surface area contributed by atoms with Crippen LogP contribution >= 0.6 is 0 Å². The number of quaternary nitrogens is 1. The Hall–Kier alpha value is -3.00. The summed E-state index contributed by atoms with van der Waals surface area (Å²) in [5.41, 5.74) is -1.67. The summed E-state index contributed by atoms with van der Waals surface area (Å²) in [4.78, 5) is 23.8. The van der Waals surface area contributed by atoms with E-state index in [-0.39, 0.29) is 5.69 Å². The van der Waals surface area contributed by atoms with Gasteiger partial charge in [0.15, 0.2) is 17.3 Å². The average molecular weight is 338 g/mol. The molecule has 0 spiro atoms. The molecule has 24 heavy (non-hydrogen) atoms. The summed E-state index contributed by atoms with van der Waals surface area (Å²) >= 11 is 0. The van der Waals surface area contributed by atoms with Crippen molar-refractivity contribution in [3.63, 3.8) is 0 Å². The Balaban J connectivity index is 2.44. The van der Waals surface area contributed by atoms with Gasteiger partial charge >= 0.3 is 6.09 Å². The summed E-state index contributed by atoms with van der Waals surface area (Å²) in [7, 11) is 0. The van der Waals surface area contributed by atoms with E-state index in [9.17, 15) is 32.3 Å². The largest absolute Gasteiger partial charge is 0.528 e. The van der Waals surface area contributed by atoms with Crippen LogP contribution in [0.4, 0.5) is 33.7 Å². The molecular formula is C16H8F4NO3+.